The molecule has 0 spiro atoms. The molecular formula is C13H18N4O2. The van der Waals surface area contributed by atoms with Gasteiger partial charge in [-0.05, 0) is 18.9 Å². The first kappa shape index (κ1) is 12.2. The highest BCUT2D eigenvalue weighted by Crippen LogP contribution is 2.08. The number of aromatic nitrogens is 3. The van der Waals surface area contributed by atoms with E-state index < -0.39 is 0 Å². The molecule has 2 aromatic rings. The fraction of sp³-hybridized carbons (Fsp3) is 0.538. The number of aryl methyl sites for hydroxylation is 1. The predicted molar refractivity (Wildman–Crippen MR) is 69.8 cm³/mol. The Kier molecular flexibility index (Phi) is 3.50. The Hall–Kier alpha value is -1.82. The zero-order valence-electron chi connectivity index (χ0n) is 10.8. The lowest BCUT2D eigenvalue weighted by atomic mass is 10.2. The number of hydrogen-bond donors (Lipinski definition) is 1. The summed E-state index contributed by atoms with van der Waals surface area (Å²) in [7, 11) is 0. The minimum Gasteiger partial charge on any atom is -0.472 e. The van der Waals surface area contributed by atoms with E-state index in [1.807, 2.05) is 6.07 Å². The van der Waals surface area contributed by atoms with Crippen LogP contribution in [-0.4, -0.2) is 20.9 Å². The molecule has 0 amide bonds. The lowest BCUT2D eigenvalue weighted by Crippen LogP contribution is -2.30. The molecule has 0 bridgehead atoms. The van der Waals surface area contributed by atoms with E-state index in [0.29, 0.717) is 6.54 Å². The van der Waals surface area contributed by atoms with Crippen LogP contribution in [-0.2, 0) is 26.1 Å². The van der Waals surface area contributed by atoms with Crippen LogP contribution in [0, 0.1) is 0 Å². The third-order valence-corrected chi connectivity index (χ3v) is 3.44. The Morgan fingerprint density at radius 3 is 3.16 bits per heavy atom. The summed E-state index contributed by atoms with van der Waals surface area (Å²) in [6, 6.07) is 1.93. The molecule has 3 rings (SSSR count). The maximum Gasteiger partial charge on any atom is 0.345 e. The highest BCUT2D eigenvalue weighted by molar-refractivity contribution is 5.04. The third-order valence-electron chi connectivity index (χ3n) is 3.44. The van der Waals surface area contributed by atoms with Crippen molar-refractivity contribution >= 4 is 0 Å². The molecule has 0 aliphatic carbocycles. The molecule has 2 aromatic heterocycles. The quantitative estimate of drug-likeness (QED) is 0.808. The normalized spacial score (nSPS) is 14.5. The van der Waals surface area contributed by atoms with Crippen LogP contribution in [0.5, 0.6) is 0 Å². The van der Waals surface area contributed by atoms with E-state index in [0.717, 1.165) is 50.3 Å². The van der Waals surface area contributed by atoms with Gasteiger partial charge in [0.25, 0.3) is 0 Å². The molecule has 3 heterocycles. The van der Waals surface area contributed by atoms with Crippen molar-refractivity contribution in [3.63, 3.8) is 0 Å². The average Bonchev–Trinajstić information content (AvgIpc) is 3.04. The van der Waals surface area contributed by atoms with Crippen molar-refractivity contribution < 1.29 is 4.42 Å². The number of hydrogen-bond acceptors (Lipinski definition) is 4. The number of fused-ring (bicyclic) bond motifs is 1. The van der Waals surface area contributed by atoms with Crippen LogP contribution >= 0.6 is 0 Å². The smallest absolute Gasteiger partial charge is 0.345 e. The highest BCUT2D eigenvalue weighted by atomic mass is 16.3. The maximum atomic E-state index is 12.1. The summed E-state index contributed by atoms with van der Waals surface area (Å²) >= 11 is 0. The van der Waals surface area contributed by atoms with Crippen LogP contribution in [0.4, 0.5) is 0 Å². The SMILES string of the molecule is O=c1n(CCNCc2ccoc2)nc2n1CCCC2. The second-order valence-corrected chi connectivity index (χ2v) is 4.84. The van der Waals surface area contributed by atoms with Crippen molar-refractivity contribution in [1.29, 1.82) is 0 Å². The zero-order valence-corrected chi connectivity index (χ0v) is 10.8. The van der Waals surface area contributed by atoms with Crippen LogP contribution in [0.3, 0.4) is 0 Å². The van der Waals surface area contributed by atoms with Gasteiger partial charge < -0.3 is 9.73 Å². The van der Waals surface area contributed by atoms with Gasteiger partial charge >= 0.3 is 5.69 Å². The Labute approximate surface area is 111 Å². The average molecular weight is 262 g/mol. The lowest BCUT2D eigenvalue weighted by Gasteiger charge is -2.09. The molecule has 0 saturated heterocycles. The molecule has 6 heteroatoms. The molecule has 1 aliphatic heterocycles. The van der Waals surface area contributed by atoms with Gasteiger partial charge in [-0.2, -0.15) is 5.10 Å². The van der Waals surface area contributed by atoms with Crippen molar-refractivity contribution in [3.8, 4) is 0 Å². The molecule has 0 unspecified atom stereocenters. The van der Waals surface area contributed by atoms with Crippen molar-refractivity contribution in [2.45, 2.75) is 38.9 Å². The minimum atomic E-state index is 0.0276. The van der Waals surface area contributed by atoms with E-state index in [2.05, 4.69) is 10.4 Å². The highest BCUT2D eigenvalue weighted by Gasteiger charge is 2.15. The fourth-order valence-corrected chi connectivity index (χ4v) is 2.41. The van der Waals surface area contributed by atoms with Gasteiger partial charge in [-0.25, -0.2) is 9.48 Å². The summed E-state index contributed by atoms with van der Waals surface area (Å²) in [6.45, 7) is 2.90. The maximum absolute atomic E-state index is 12.1. The molecule has 0 atom stereocenters. The number of rotatable bonds is 5. The van der Waals surface area contributed by atoms with E-state index >= 15 is 0 Å². The van der Waals surface area contributed by atoms with Gasteiger partial charge in [0.15, 0.2) is 0 Å². The molecule has 0 saturated carbocycles. The van der Waals surface area contributed by atoms with E-state index in [-0.39, 0.29) is 5.69 Å². The van der Waals surface area contributed by atoms with E-state index in [4.69, 9.17) is 4.42 Å². The first-order chi connectivity index (χ1) is 9.34. The largest absolute Gasteiger partial charge is 0.472 e. The molecule has 0 aromatic carbocycles. The van der Waals surface area contributed by atoms with Gasteiger partial charge in [0.1, 0.15) is 5.82 Å². The Morgan fingerprint density at radius 2 is 2.37 bits per heavy atom. The molecule has 6 nitrogen and oxygen atoms in total. The van der Waals surface area contributed by atoms with Gasteiger partial charge in [-0.1, -0.05) is 0 Å². The first-order valence-corrected chi connectivity index (χ1v) is 6.73. The summed E-state index contributed by atoms with van der Waals surface area (Å²) in [5.74, 6) is 0.936. The molecule has 0 radical (unpaired) electrons. The van der Waals surface area contributed by atoms with E-state index in [1.54, 1.807) is 21.8 Å². The minimum absolute atomic E-state index is 0.0276. The van der Waals surface area contributed by atoms with Crippen LogP contribution in [0.1, 0.15) is 24.2 Å². The van der Waals surface area contributed by atoms with Crippen LogP contribution in [0.15, 0.2) is 27.8 Å². The molecule has 1 aliphatic rings. The van der Waals surface area contributed by atoms with Gasteiger partial charge in [0.05, 0.1) is 19.1 Å². The summed E-state index contributed by atoms with van der Waals surface area (Å²) in [5, 5.41) is 7.67. The second kappa shape index (κ2) is 5.44. The Bertz CT molecular complexity index is 582. The van der Waals surface area contributed by atoms with E-state index in [9.17, 15) is 4.79 Å². The number of nitrogens with one attached hydrogen (secondary N) is 1. The van der Waals surface area contributed by atoms with Gasteiger partial charge in [0, 0.05) is 31.6 Å². The second-order valence-electron chi connectivity index (χ2n) is 4.84. The number of furan rings is 1. The zero-order chi connectivity index (χ0) is 13.1. The van der Waals surface area contributed by atoms with Crippen molar-refractivity contribution in [2.75, 3.05) is 6.54 Å². The van der Waals surface area contributed by atoms with Crippen molar-refractivity contribution in [2.24, 2.45) is 0 Å². The molecule has 1 N–H and O–H groups in total. The number of nitrogens with zero attached hydrogens (tertiary/aromatic N) is 3. The summed E-state index contributed by atoms with van der Waals surface area (Å²) < 4.78 is 8.37. The third kappa shape index (κ3) is 2.63. The summed E-state index contributed by atoms with van der Waals surface area (Å²) in [5.41, 5.74) is 1.14. The van der Waals surface area contributed by atoms with Crippen LogP contribution < -0.4 is 11.0 Å². The monoisotopic (exact) mass is 262 g/mol. The lowest BCUT2D eigenvalue weighted by molar-refractivity contribution is 0.507. The van der Waals surface area contributed by atoms with Gasteiger partial charge in [0.2, 0.25) is 0 Å². The Balaban J connectivity index is 1.55. The first-order valence-electron chi connectivity index (χ1n) is 6.73. The van der Waals surface area contributed by atoms with Gasteiger partial charge in [-0.3, -0.25) is 4.57 Å². The van der Waals surface area contributed by atoms with Crippen LogP contribution in [0.25, 0.3) is 0 Å². The standard InChI is InChI=1S/C13H18N4O2/c18-13-16-6-2-1-3-12(16)15-17(13)7-5-14-9-11-4-8-19-10-11/h4,8,10,14H,1-3,5-7,9H2. The molecular weight excluding hydrogens is 244 g/mol. The van der Waals surface area contributed by atoms with Crippen molar-refractivity contribution in [3.05, 3.63) is 40.5 Å². The molecule has 102 valence electrons. The van der Waals surface area contributed by atoms with Crippen molar-refractivity contribution in [1.82, 2.24) is 19.7 Å². The van der Waals surface area contributed by atoms with Crippen LogP contribution in [0.2, 0.25) is 0 Å². The molecule has 0 fully saturated rings. The van der Waals surface area contributed by atoms with E-state index in [1.165, 1.54) is 0 Å². The fourth-order valence-electron chi connectivity index (χ4n) is 2.41. The van der Waals surface area contributed by atoms with Gasteiger partial charge in [-0.15, -0.1) is 0 Å². The molecule has 19 heavy (non-hydrogen) atoms. The topological polar surface area (TPSA) is 65.0 Å². The summed E-state index contributed by atoms with van der Waals surface area (Å²) in [6.07, 6.45) is 6.51. The predicted octanol–water partition coefficient (Wildman–Crippen LogP) is 0.764. The Morgan fingerprint density at radius 1 is 1.42 bits per heavy atom. The summed E-state index contributed by atoms with van der Waals surface area (Å²) in [4.78, 5) is 12.1.